The molecule has 0 radical (unpaired) electrons. The zero-order valence-corrected chi connectivity index (χ0v) is 13.7. The van der Waals surface area contributed by atoms with E-state index in [0.29, 0.717) is 12.2 Å². The molecule has 0 saturated heterocycles. The highest BCUT2D eigenvalue weighted by molar-refractivity contribution is 5.66. The van der Waals surface area contributed by atoms with Crippen molar-refractivity contribution >= 4 is 11.8 Å². The number of aromatic hydroxyl groups is 1. The molecule has 3 heteroatoms. The van der Waals surface area contributed by atoms with Crippen LogP contribution < -0.4 is 0 Å². The summed E-state index contributed by atoms with van der Waals surface area (Å²) < 4.78 is 0. The Kier molecular flexibility index (Phi) is 4.13. The lowest BCUT2D eigenvalue weighted by atomic mass is 9.92. The van der Waals surface area contributed by atoms with Crippen LogP contribution in [0.4, 0.5) is 5.69 Å². The minimum atomic E-state index is 0.0944. The van der Waals surface area contributed by atoms with Crippen molar-refractivity contribution in [2.75, 3.05) is 0 Å². The minimum Gasteiger partial charge on any atom is -0.508 e. The number of phenolic OH excluding ortho intramolecular Hbond substituents is 1. The minimum absolute atomic E-state index is 0.0944. The molecule has 0 amide bonds. The summed E-state index contributed by atoms with van der Waals surface area (Å²) in [6.45, 7) is 0. The molecule has 25 heavy (non-hydrogen) atoms. The van der Waals surface area contributed by atoms with Gasteiger partial charge in [0.05, 0.1) is 11.4 Å². The maximum Gasteiger partial charge on any atom is 0.118 e. The van der Waals surface area contributed by atoms with E-state index in [4.69, 9.17) is 0 Å². The number of hydrogen-bond donors (Lipinski definition) is 1. The van der Waals surface area contributed by atoms with Gasteiger partial charge in [0.25, 0.3) is 0 Å². The van der Waals surface area contributed by atoms with Crippen molar-refractivity contribution in [3.63, 3.8) is 0 Å². The maximum absolute atomic E-state index is 10.1. The topological polar surface area (TPSA) is 45.0 Å². The van der Waals surface area contributed by atoms with Crippen LogP contribution in [0.2, 0.25) is 0 Å². The first kappa shape index (κ1) is 15.3. The Labute approximate surface area is 147 Å². The maximum atomic E-state index is 10.1. The van der Waals surface area contributed by atoms with Gasteiger partial charge >= 0.3 is 0 Å². The monoisotopic (exact) mass is 326 g/mol. The molecule has 0 saturated carbocycles. The van der Waals surface area contributed by atoms with Gasteiger partial charge in [-0.25, -0.2) is 0 Å². The van der Waals surface area contributed by atoms with Crippen LogP contribution in [0.25, 0.3) is 6.08 Å². The van der Waals surface area contributed by atoms with Crippen molar-refractivity contribution < 1.29 is 5.11 Å². The number of nitrogens with zero attached hydrogens (tertiary/aromatic N) is 2. The molecule has 0 aliphatic heterocycles. The van der Waals surface area contributed by atoms with Crippen LogP contribution in [0.15, 0.2) is 94.8 Å². The van der Waals surface area contributed by atoms with Crippen LogP contribution >= 0.6 is 0 Å². The molecule has 1 unspecified atom stereocenters. The van der Waals surface area contributed by atoms with E-state index in [0.717, 1.165) is 16.9 Å². The lowest BCUT2D eigenvalue weighted by molar-refractivity contribution is 0.466. The molecule has 4 rings (SSSR count). The SMILES string of the molecule is Oc1ccccc1CC1C(N=Nc2ccccc2)=Cc2ccccc21. The lowest BCUT2D eigenvalue weighted by Gasteiger charge is -2.14. The number of hydrogen-bond acceptors (Lipinski definition) is 3. The zero-order chi connectivity index (χ0) is 17.1. The molecular weight excluding hydrogens is 308 g/mol. The van der Waals surface area contributed by atoms with Crippen molar-refractivity contribution in [2.24, 2.45) is 10.2 Å². The summed E-state index contributed by atoms with van der Waals surface area (Å²) in [5, 5.41) is 19.0. The summed E-state index contributed by atoms with van der Waals surface area (Å²) >= 11 is 0. The van der Waals surface area contributed by atoms with Crippen LogP contribution in [-0.4, -0.2) is 5.11 Å². The van der Waals surface area contributed by atoms with Crippen LogP contribution in [0.3, 0.4) is 0 Å². The predicted molar refractivity (Wildman–Crippen MR) is 99.9 cm³/mol. The van der Waals surface area contributed by atoms with Gasteiger partial charge < -0.3 is 5.11 Å². The highest BCUT2D eigenvalue weighted by atomic mass is 16.3. The van der Waals surface area contributed by atoms with Crippen LogP contribution in [-0.2, 0) is 6.42 Å². The van der Waals surface area contributed by atoms with Crippen molar-refractivity contribution in [1.29, 1.82) is 0 Å². The summed E-state index contributed by atoms with van der Waals surface area (Å²) in [7, 11) is 0. The van der Waals surface area contributed by atoms with E-state index in [9.17, 15) is 5.11 Å². The van der Waals surface area contributed by atoms with E-state index in [-0.39, 0.29) is 5.92 Å². The summed E-state index contributed by atoms with van der Waals surface area (Å²) in [6.07, 6.45) is 2.79. The number of azo groups is 1. The highest BCUT2D eigenvalue weighted by Crippen LogP contribution is 2.40. The fourth-order valence-electron chi connectivity index (χ4n) is 3.21. The second-order valence-corrected chi connectivity index (χ2v) is 6.12. The van der Waals surface area contributed by atoms with Gasteiger partial charge in [0.15, 0.2) is 0 Å². The molecule has 1 N–H and O–H groups in total. The molecule has 1 atom stereocenters. The molecular formula is C22H18N2O. The van der Waals surface area contributed by atoms with Crippen LogP contribution in [0, 0.1) is 0 Å². The standard InChI is InChI=1S/C22H18N2O/c25-22-13-7-5-9-17(22)14-20-19-12-6-4-8-16(19)15-21(20)24-23-18-10-2-1-3-11-18/h1-13,15,20,25H,14H2. The number of benzene rings is 3. The van der Waals surface area contributed by atoms with Crippen molar-refractivity contribution in [3.05, 3.63) is 101 Å². The number of fused-ring (bicyclic) bond motifs is 1. The zero-order valence-electron chi connectivity index (χ0n) is 13.7. The number of para-hydroxylation sites is 1. The fourth-order valence-corrected chi connectivity index (χ4v) is 3.21. The van der Waals surface area contributed by atoms with E-state index < -0.39 is 0 Å². The molecule has 1 aliphatic rings. The van der Waals surface area contributed by atoms with Gasteiger partial charge in [-0.05, 0) is 47.4 Å². The Morgan fingerprint density at radius 2 is 1.48 bits per heavy atom. The number of allylic oxidation sites excluding steroid dienone is 1. The molecule has 3 nitrogen and oxygen atoms in total. The summed E-state index contributed by atoms with van der Waals surface area (Å²) in [6, 6.07) is 25.5. The highest BCUT2D eigenvalue weighted by Gasteiger charge is 2.26. The van der Waals surface area contributed by atoms with Gasteiger partial charge in [-0.2, -0.15) is 10.2 Å². The Morgan fingerprint density at radius 1 is 0.760 bits per heavy atom. The first-order valence-corrected chi connectivity index (χ1v) is 8.35. The normalized spacial score (nSPS) is 16.0. The van der Waals surface area contributed by atoms with E-state index in [1.807, 2.05) is 60.7 Å². The molecule has 3 aromatic carbocycles. The molecule has 0 bridgehead atoms. The number of phenols is 1. The first-order chi connectivity index (χ1) is 12.3. The summed E-state index contributed by atoms with van der Waals surface area (Å²) in [5.74, 6) is 0.420. The van der Waals surface area contributed by atoms with Crippen molar-refractivity contribution in [3.8, 4) is 5.75 Å². The molecule has 3 aromatic rings. The summed E-state index contributed by atoms with van der Waals surface area (Å²) in [5.41, 5.74) is 5.08. The van der Waals surface area contributed by atoms with E-state index in [1.54, 1.807) is 6.07 Å². The van der Waals surface area contributed by atoms with Crippen molar-refractivity contribution in [2.45, 2.75) is 12.3 Å². The van der Waals surface area contributed by atoms with Gasteiger partial charge in [0.2, 0.25) is 0 Å². The molecule has 1 aliphatic carbocycles. The Hall–Kier alpha value is -3.20. The molecule has 0 fully saturated rings. The lowest BCUT2D eigenvalue weighted by Crippen LogP contribution is -2.02. The molecule has 122 valence electrons. The Morgan fingerprint density at radius 3 is 2.32 bits per heavy atom. The molecule has 0 heterocycles. The smallest absolute Gasteiger partial charge is 0.118 e. The average molecular weight is 326 g/mol. The largest absolute Gasteiger partial charge is 0.508 e. The quantitative estimate of drug-likeness (QED) is 0.600. The van der Waals surface area contributed by atoms with E-state index >= 15 is 0 Å². The number of rotatable bonds is 4. The third-order valence-electron chi connectivity index (χ3n) is 4.48. The van der Waals surface area contributed by atoms with Crippen LogP contribution in [0.1, 0.15) is 22.6 Å². The first-order valence-electron chi connectivity index (χ1n) is 8.35. The van der Waals surface area contributed by atoms with Crippen LogP contribution in [0.5, 0.6) is 5.75 Å². The average Bonchev–Trinajstić information content (AvgIpc) is 3.00. The third-order valence-corrected chi connectivity index (χ3v) is 4.48. The van der Waals surface area contributed by atoms with Gasteiger partial charge in [-0.3, -0.25) is 0 Å². The van der Waals surface area contributed by atoms with E-state index in [2.05, 4.69) is 28.4 Å². The second-order valence-electron chi connectivity index (χ2n) is 6.12. The third kappa shape index (κ3) is 3.22. The van der Waals surface area contributed by atoms with Crippen molar-refractivity contribution in [1.82, 2.24) is 0 Å². The van der Waals surface area contributed by atoms with Gasteiger partial charge in [-0.1, -0.05) is 60.7 Å². The summed E-state index contributed by atoms with van der Waals surface area (Å²) in [4.78, 5) is 0. The van der Waals surface area contributed by atoms with Gasteiger partial charge in [0, 0.05) is 5.92 Å². The van der Waals surface area contributed by atoms with E-state index in [1.165, 1.54) is 11.1 Å². The predicted octanol–water partition coefficient (Wildman–Crippen LogP) is 5.86. The van der Waals surface area contributed by atoms with Gasteiger partial charge in [0.1, 0.15) is 5.75 Å². The Balaban J connectivity index is 1.67. The van der Waals surface area contributed by atoms with Gasteiger partial charge in [-0.15, -0.1) is 0 Å². The fraction of sp³-hybridized carbons (Fsp3) is 0.0909. The molecule has 0 spiro atoms. The second kappa shape index (κ2) is 6.73. The Bertz CT molecular complexity index is 945. The molecule has 0 aromatic heterocycles.